The number of anilines is 1. The molecule has 0 amide bonds. The number of nitrogens with zero attached hydrogens (tertiary/aromatic N) is 1. The van der Waals surface area contributed by atoms with E-state index >= 15 is 0 Å². The Morgan fingerprint density at radius 1 is 1.44 bits per heavy atom. The second-order valence-electron chi connectivity index (χ2n) is 4.91. The van der Waals surface area contributed by atoms with Crippen LogP contribution in [0, 0.1) is 5.82 Å². The van der Waals surface area contributed by atoms with Crippen molar-refractivity contribution in [1.82, 2.24) is 0 Å². The third kappa shape index (κ3) is 2.65. The Bertz CT molecular complexity index is 409. The van der Waals surface area contributed by atoms with Crippen LogP contribution < -0.4 is 4.90 Å². The predicted octanol–water partition coefficient (Wildman–Crippen LogP) is 2.23. The van der Waals surface area contributed by atoms with Gasteiger partial charge in [0.2, 0.25) is 0 Å². The second kappa shape index (κ2) is 5.67. The third-order valence-corrected chi connectivity index (χ3v) is 3.60. The van der Waals surface area contributed by atoms with Gasteiger partial charge in [-0.2, -0.15) is 0 Å². The van der Waals surface area contributed by atoms with E-state index in [0.29, 0.717) is 11.3 Å². The Kier molecular flexibility index (Phi) is 4.19. The van der Waals surface area contributed by atoms with Crippen molar-refractivity contribution in [2.45, 2.75) is 38.3 Å². The molecule has 2 unspecified atom stereocenters. The minimum atomic E-state index is -0.663. The van der Waals surface area contributed by atoms with E-state index in [1.807, 2.05) is 4.90 Å². The highest BCUT2D eigenvalue weighted by Gasteiger charge is 2.24. The normalized spacial score (nSPS) is 22.0. The molecule has 1 aromatic carbocycles. The second-order valence-corrected chi connectivity index (χ2v) is 4.91. The molecule has 2 atom stereocenters. The molecule has 0 aromatic heterocycles. The summed E-state index contributed by atoms with van der Waals surface area (Å²) in [6, 6.07) is 4.83. The highest BCUT2D eigenvalue weighted by atomic mass is 19.1. The van der Waals surface area contributed by atoms with Crippen molar-refractivity contribution in [3.05, 3.63) is 29.6 Å². The number of benzene rings is 1. The van der Waals surface area contributed by atoms with Crippen molar-refractivity contribution >= 4 is 5.69 Å². The lowest BCUT2D eigenvalue weighted by atomic mass is 10.0. The molecule has 0 saturated carbocycles. The average Bonchev–Trinajstić information content (AvgIpc) is 2.38. The Morgan fingerprint density at radius 3 is 2.83 bits per heavy atom. The van der Waals surface area contributed by atoms with Crippen LogP contribution in [0.2, 0.25) is 0 Å². The number of hydrogen-bond acceptors (Lipinski definition) is 3. The summed E-state index contributed by atoms with van der Waals surface area (Å²) < 4.78 is 14.1. The van der Waals surface area contributed by atoms with Crippen molar-refractivity contribution in [2.75, 3.05) is 18.1 Å². The fraction of sp³-hybridized carbons (Fsp3) is 0.571. The number of piperidine rings is 1. The summed E-state index contributed by atoms with van der Waals surface area (Å²) in [4.78, 5) is 1.94. The van der Waals surface area contributed by atoms with Gasteiger partial charge in [-0.1, -0.05) is 6.07 Å². The largest absolute Gasteiger partial charge is 0.394 e. The van der Waals surface area contributed by atoms with Gasteiger partial charge >= 0.3 is 0 Å². The molecule has 18 heavy (non-hydrogen) atoms. The molecule has 0 spiro atoms. The van der Waals surface area contributed by atoms with Crippen molar-refractivity contribution in [3.63, 3.8) is 0 Å². The molecule has 1 heterocycles. The molecular formula is C14H20FNO2. The number of rotatable bonds is 3. The summed E-state index contributed by atoms with van der Waals surface area (Å²) in [6.45, 7) is 2.44. The lowest BCUT2D eigenvalue weighted by Gasteiger charge is -2.36. The lowest BCUT2D eigenvalue weighted by Crippen LogP contribution is -2.42. The maximum atomic E-state index is 14.1. The van der Waals surface area contributed by atoms with E-state index in [4.69, 9.17) is 0 Å². The van der Waals surface area contributed by atoms with Gasteiger partial charge in [0.25, 0.3) is 0 Å². The zero-order valence-electron chi connectivity index (χ0n) is 10.6. The monoisotopic (exact) mass is 253 g/mol. The van der Waals surface area contributed by atoms with E-state index in [1.165, 1.54) is 6.07 Å². The maximum absolute atomic E-state index is 14.1. The van der Waals surface area contributed by atoms with Gasteiger partial charge in [-0.25, -0.2) is 4.39 Å². The number of aliphatic hydroxyl groups excluding tert-OH is 2. The van der Waals surface area contributed by atoms with E-state index in [9.17, 15) is 14.6 Å². The quantitative estimate of drug-likeness (QED) is 0.868. The fourth-order valence-electron chi connectivity index (χ4n) is 2.52. The van der Waals surface area contributed by atoms with Gasteiger partial charge < -0.3 is 15.1 Å². The third-order valence-electron chi connectivity index (χ3n) is 3.60. The average molecular weight is 253 g/mol. The van der Waals surface area contributed by atoms with E-state index in [2.05, 4.69) is 0 Å². The first-order valence-electron chi connectivity index (χ1n) is 6.48. The first-order chi connectivity index (χ1) is 8.63. The maximum Gasteiger partial charge on any atom is 0.146 e. The van der Waals surface area contributed by atoms with Gasteiger partial charge in [0.1, 0.15) is 5.82 Å². The van der Waals surface area contributed by atoms with Gasteiger partial charge in [-0.05, 0) is 43.9 Å². The number of hydrogen-bond donors (Lipinski definition) is 2. The van der Waals surface area contributed by atoms with Crippen molar-refractivity contribution in [2.24, 2.45) is 0 Å². The van der Waals surface area contributed by atoms with Gasteiger partial charge in [-0.15, -0.1) is 0 Å². The number of aliphatic hydroxyl groups is 2. The van der Waals surface area contributed by atoms with E-state index in [-0.39, 0.29) is 18.5 Å². The lowest BCUT2D eigenvalue weighted by molar-refractivity contribution is 0.198. The topological polar surface area (TPSA) is 43.7 Å². The molecule has 4 heteroatoms. The fourth-order valence-corrected chi connectivity index (χ4v) is 2.52. The minimum Gasteiger partial charge on any atom is -0.394 e. The first-order valence-corrected chi connectivity index (χ1v) is 6.48. The highest BCUT2D eigenvalue weighted by Crippen LogP contribution is 2.28. The first kappa shape index (κ1) is 13.3. The van der Waals surface area contributed by atoms with Crippen LogP contribution in [0.25, 0.3) is 0 Å². The SMILES string of the molecule is CC(O)c1ccc(N2CCCCC2CO)c(F)c1. The van der Waals surface area contributed by atoms with Crippen LogP contribution in [0.1, 0.15) is 37.9 Å². The van der Waals surface area contributed by atoms with Crippen LogP contribution in [0.4, 0.5) is 10.1 Å². The van der Waals surface area contributed by atoms with E-state index < -0.39 is 6.10 Å². The van der Waals surface area contributed by atoms with Crippen molar-refractivity contribution < 1.29 is 14.6 Å². The molecular weight excluding hydrogens is 233 g/mol. The smallest absolute Gasteiger partial charge is 0.146 e. The van der Waals surface area contributed by atoms with E-state index in [1.54, 1.807) is 19.1 Å². The molecule has 0 aliphatic carbocycles. The van der Waals surface area contributed by atoms with E-state index in [0.717, 1.165) is 25.8 Å². The van der Waals surface area contributed by atoms with Crippen LogP contribution >= 0.6 is 0 Å². The molecule has 0 radical (unpaired) electrons. The molecule has 1 aliphatic rings. The zero-order valence-corrected chi connectivity index (χ0v) is 10.6. The summed E-state index contributed by atoms with van der Waals surface area (Å²) in [5, 5.41) is 18.8. The predicted molar refractivity (Wildman–Crippen MR) is 69.1 cm³/mol. The number of halogens is 1. The molecule has 1 fully saturated rings. The summed E-state index contributed by atoms with van der Waals surface area (Å²) in [7, 11) is 0. The summed E-state index contributed by atoms with van der Waals surface area (Å²) >= 11 is 0. The Balaban J connectivity index is 2.26. The van der Waals surface area contributed by atoms with Crippen molar-refractivity contribution in [1.29, 1.82) is 0 Å². The van der Waals surface area contributed by atoms with Crippen LogP contribution in [0.15, 0.2) is 18.2 Å². The van der Waals surface area contributed by atoms with Gasteiger partial charge in [0.05, 0.1) is 24.4 Å². The summed E-state index contributed by atoms with van der Waals surface area (Å²) in [5.41, 5.74) is 1.10. The molecule has 1 aromatic rings. The summed E-state index contributed by atoms with van der Waals surface area (Å²) in [5.74, 6) is -0.325. The van der Waals surface area contributed by atoms with Crippen LogP contribution in [0.3, 0.4) is 0 Å². The standard InChI is InChI=1S/C14H20FNO2/c1-10(18)11-5-6-14(13(15)8-11)16-7-3-2-4-12(16)9-17/h5-6,8,10,12,17-18H,2-4,7,9H2,1H3. The Morgan fingerprint density at radius 2 is 2.22 bits per heavy atom. The van der Waals surface area contributed by atoms with Crippen LogP contribution in [-0.4, -0.2) is 29.4 Å². The van der Waals surface area contributed by atoms with Gasteiger partial charge in [0, 0.05) is 6.54 Å². The molecule has 1 saturated heterocycles. The summed E-state index contributed by atoms with van der Waals surface area (Å²) in [6.07, 6.45) is 2.33. The Hall–Kier alpha value is -1.13. The van der Waals surface area contributed by atoms with Gasteiger partial charge in [-0.3, -0.25) is 0 Å². The Labute approximate surface area is 107 Å². The van der Waals surface area contributed by atoms with Crippen LogP contribution in [-0.2, 0) is 0 Å². The molecule has 3 nitrogen and oxygen atoms in total. The van der Waals surface area contributed by atoms with Crippen LogP contribution in [0.5, 0.6) is 0 Å². The molecule has 2 rings (SSSR count). The van der Waals surface area contributed by atoms with Crippen molar-refractivity contribution in [3.8, 4) is 0 Å². The molecule has 1 aliphatic heterocycles. The zero-order chi connectivity index (χ0) is 13.1. The highest BCUT2D eigenvalue weighted by molar-refractivity contribution is 5.50. The molecule has 0 bridgehead atoms. The van der Waals surface area contributed by atoms with Gasteiger partial charge in [0.15, 0.2) is 0 Å². The minimum absolute atomic E-state index is 0.00523. The molecule has 2 N–H and O–H groups in total. The molecule has 100 valence electrons.